The number of morpholine rings is 1. The van der Waals surface area contributed by atoms with Gasteiger partial charge in [0.2, 0.25) is 0 Å². The molecule has 8 nitrogen and oxygen atoms in total. The standard InChI is InChI=1S/C26H28N4O4/c1-31-22-13-19(14-23(17-22)34-12-9-30-7-10-33-11-8-30)15-26-28-6-5-24(29-26)20-3-4-25(32-2)21(16-20)18-27/h3-6,13-14,16-17H,7-12,15H2,1-2H3. The molecular weight excluding hydrogens is 432 g/mol. The van der Waals surface area contributed by atoms with Crippen LogP contribution in [0.15, 0.2) is 48.7 Å². The second-order valence-corrected chi connectivity index (χ2v) is 7.88. The number of rotatable bonds is 9. The number of aromatic nitrogens is 2. The van der Waals surface area contributed by atoms with E-state index in [0.717, 1.165) is 61.2 Å². The van der Waals surface area contributed by atoms with Crippen molar-refractivity contribution >= 4 is 0 Å². The monoisotopic (exact) mass is 460 g/mol. The minimum Gasteiger partial charge on any atom is -0.497 e. The maximum atomic E-state index is 9.39. The van der Waals surface area contributed by atoms with Gasteiger partial charge in [-0.15, -0.1) is 0 Å². The molecule has 1 aliphatic rings. The summed E-state index contributed by atoms with van der Waals surface area (Å²) in [5.41, 5.74) is 3.03. The second kappa shape index (κ2) is 11.5. The van der Waals surface area contributed by atoms with Gasteiger partial charge in [-0.2, -0.15) is 5.26 Å². The predicted molar refractivity (Wildman–Crippen MR) is 127 cm³/mol. The predicted octanol–water partition coefficient (Wildman–Crippen LogP) is 3.33. The first-order valence-corrected chi connectivity index (χ1v) is 11.2. The van der Waals surface area contributed by atoms with Gasteiger partial charge in [-0.05, 0) is 42.0 Å². The summed E-state index contributed by atoms with van der Waals surface area (Å²) in [6.45, 7) is 4.87. The topological polar surface area (TPSA) is 89.7 Å². The molecule has 2 heterocycles. The molecule has 1 saturated heterocycles. The van der Waals surface area contributed by atoms with Crippen LogP contribution in [0.1, 0.15) is 17.0 Å². The van der Waals surface area contributed by atoms with Gasteiger partial charge < -0.3 is 18.9 Å². The van der Waals surface area contributed by atoms with E-state index in [2.05, 4.69) is 16.0 Å². The van der Waals surface area contributed by atoms with Gasteiger partial charge >= 0.3 is 0 Å². The highest BCUT2D eigenvalue weighted by Gasteiger charge is 2.12. The highest BCUT2D eigenvalue weighted by molar-refractivity contribution is 5.64. The fourth-order valence-corrected chi connectivity index (χ4v) is 3.83. The minimum absolute atomic E-state index is 0.465. The molecule has 1 aromatic heterocycles. The number of benzene rings is 2. The summed E-state index contributed by atoms with van der Waals surface area (Å²) in [4.78, 5) is 11.5. The quantitative estimate of drug-likeness (QED) is 0.480. The molecule has 0 N–H and O–H groups in total. The lowest BCUT2D eigenvalue weighted by Gasteiger charge is -2.26. The number of methoxy groups -OCH3 is 2. The van der Waals surface area contributed by atoms with Crippen molar-refractivity contribution in [3.63, 3.8) is 0 Å². The molecule has 8 heteroatoms. The van der Waals surface area contributed by atoms with Crippen molar-refractivity contribution in [3.8, 4) is 34.6 Å². The molecule has 34 heavy (non-hydrogen) atoms. The van der Waals surface area contributed by atoms with Crippen molar-refractivity contribution in [2.24, 2.45) is 0 Å². The number of nitrogens with zero attached hydrogens (tertiary/aromatic N) is 4. The SMILES string of the molecule is COc1cc(Cc2nccc(-c3ccc(OC)c(C#N)c3)n2)cc(OCCN2CCOCC2)c1. The van der Waals surface area contributed by atoms with Crippen LogP contribution in [-0.2, 0) is 11.2 Å². The molecule has 0 amide bonds. The third-order valence-electron chi connectivity index (χ3n) is 5.64. The molecule has 0 spiro atoms. The maximum absolute atomic E-state index is 9.39. The summed E-state index contributed by atoms with van der Waals surface area (Å²) >= 11 is 0. The molecule has 176 valence electrons. The average Bonchev–Trinajstić information content (AvgIpc) is 2.89. The number of ether oxygens (including phenoxy) is 4. The van der Waals surface area contributed by atoms with E-state index in [4.69, 9.17) is 23.9 Å². The highest BCUT2D eigenvalue weighted by atomic mass is 16.5. The Balaban J connectivity index is 1.48. The van der Waals surface area contributed by atoms with Crippen molar-refractivity contribution in [2.45, 2.75) is 6.42 Å². The Labute approximate surface area is 199 Å². The van der Waals surface area contributed by atoms with E-state index in [-0.39, 0.29) is 0 Å². The Morgan fingerprint density at radius 3 is 2.62 bits per heavy atom. The van der Waals surface area contributed by atoms with Gasteiger partial charge in [0.15, 0.2) is 0 Å². The molecule has 0 radical (unpaired) electrons. The smallest absolute Gasteiger partial charge is 0.136 e. The molecule has 0 saturated carbocycles. The minimum atomic E-state index is 0.465. The zero-order valence-electron chi connectivity index (χ0n) is 19.5. The molecule has 4 rings (SSSR count). The first-order valence-electron chi connectivity index (χ1n) is 11.2. The number of hydrogen-bond donors (Lipinski definition) is 0. The van der Waals surface area contributed by atoms with E-state index in [1.54, 1.807) is 32.5 Å². The summed E-state index contributed by atoms with van der Waals surface area (Å²) in [5.74, 6) is 2.69. The van der Waals surface area contributed by atoms with Crippen LogP contribution < -0.4 is 14.2 Å². The molecule has 2 aromatic carbocycles. The Morgan fingerprint density at radius 1 is 1.03 bits per heavy atom. The van der Waals surface area contributed by atoms with Crippen molar-refractivity contribution in [1.82, 2.24) is 14.9 Å². The molecule has 1 fully saturated rings. The van der Waals surface area contributed by atoms with Crippen LogP contribution in [0.3, 0.4) is 0 Å². The Kier molecular flexibility index (Phi) is 7.91. The van der Waals surface area contributed by atoms with Gasteiger partial charge in [0.05, 0.1) is 38.7 Å². The van der Waals surface area contributed by atoms with Crippen LogP contribution in [0.4, 0.5) is 0 Å². The van der Waals surface area contributed by atoms with Crippen LogP contribution in [0.25, 0.3) is 11.3 Å². The first kappa shape index (κ1) is 23.5. The summed E-state index contributed by atoms with van der Waals surface area (Å²) in [6, 6.07) is 15.3. The number of nitriles is 1. The van der Waals surface area contributed by atoms with Crippen LogP contribution in [0, 0.1) is 11.3 Å². The second-order valence-electron chi connectivity index (χ2n) is 7.88. The van der Waals surface area contributed by atoms with Crippen LogP contribution in [0.5, 0.6) is 17.2 Å². The van der Waals surface area contributed by atoms with E-state index in [9.17, 15) is 5.26 Å². The van der Waals surface area contributed by atoms with Gasteiger partial charge in [-0.3, -0.25) is 4.90 Å². The van der Waals surface area contributed by atoms with E-state index in [1.165, 1.54) is 0 Å². The summed E-state index contributed by atoms with van der Waals surface area (Å²) < 4.78 is 22.1. The molecule has 0 bridgehead atoms. The first-order chi connectivity index (χ1) is 16.7. The van der Waals surface area contributed by atoms with E-state index >= 15 is 0 Å². The molecule has 0 atom stereocenters. The van der Waals surface area contributed by atoms with Crippen LogP contribution in [0.2, 0.25) is 0 Å². The number of hydrogen-bond acceptors (Lipinski definition) is 8. The van der Waals surface area contributed by atoms with Crippen LogP contribution >= 0.6 is 0 Å². The third kappa shape index (κ3) is 6.01. The van der Waals surface area contributed by atoms with Gasteiger partial charge in [0.1, 0.15) is 35.7 Å². The summed E-state index contributed by atoms with van der Waals surface area (Å²) in [7, 11) is 3.19. The van der Waals surface area contributed by atoms with Gasteiger partial charge in [-0.1, -0.05) is 0 Å². The van der Waals surface area contributed by atoms with Crippen molar-refractivity contribution in [1.29, 1.82) is 5.26 Å². The van der Waals surface area contributed by atoms with Gasteiger partial charge in [0, 0.05) is 43.9 Å². The molecule has 0 aliphatic carbocycles. The lowest BCUT2D eigenvalue weighted by atomic mass is 10.1. The van der Waals surface area contributed by atoms with E-state index in [0.29, 0.717) is 30.2 Å². The normalized spacial score (nSPS) is 13.8. The maximum Gasteiger partial charge on any atom is 0.136 e. The van der Waals surface area contributed by atoms with Gasteiger partial charge in [0.25, 0.3) is 0 Å². The Bertz CT molecular complexity index is 1160. The largest absolute Gasteiger partial charge is 0.497 e. The van der Waals surface area contributed by atoms with E-state index < -0.39 is 0 Å². The summed E-state index contributed by atoms with van der Waals surface area (Å²) in [5, 5.41) is 9.39. The average molecular weight is 461 g/mol. The van der Waals surface area contributed by atoms with Crippen molar-refractivity contribution in [3.05, 3.63) is 65.6 Å². The Hall–Kier alpha value is -3.67. The van der Waals surface area contributed by atoms with Crippen molar-refractivity contribution < 1.29 is 18.9 Å². The van der Waals surface area contributed by atoms with E-state index in [1.807, 2.05) is 30.3 Å². The zero-order chi connectivity index (χ0) is 23.8. The van der Waals surface area contributed by atoms with Crippen molar-refractivity contribution in [2.75, 3.05) is 53.7 Å². The third-order valence-corrected chi connectivity index (χ3v) is 5.64. The lowest BCUT2D eigenvalue weighted by molar-refractivity contribution is 0.0322. The molecule has 1 aliphatic heterocycles. The fraction of sp³-hybridized carbons (Fsp3) is 0.346. The fourth-order valence-electron chi connectivity index (χ4n) is 3.83. The molecule has 0 unspecified atom stereocenters. The Morgan fingerprint density at radius 2 is 1.85 bits per heavy atom. The lowest BCUT2D eigenvalue weighted by Crippen LogP contribution is -2.38. The molecular formula is C26H28N4O4. The van der Waals surface area contributed by atoms with Crippen LogP contribution in [-0.4, -0.2) is 68.5 Å². The van der Waals surface area contributed by atoms with Gasteiger partial charge in [-0.25, -0.2) is 9.97 Å². The summed E-state index contributed by atoms with van der Waals surface area (Å²) in [6.07, 6.45) is 2.25. The molecule has 3 aromatic rings. The highest BCUT2D eigenvalue weighted by Crippen LogP contribution is 2.27. The zero-order valence-corrected chi connectivity index (χ0v) is 19.5.